The summed E-state index contributed by atoms with van der Waals surface area (Å²) in [6.45, 7) is 7.73. The molecule has 0 aliphatic heterocycles. The Kier molecular flexibility index (Phi) is 9.54. The van der Waals surface area contributed by atoms with Crippen LogP contribution in [0.2, 0.25) is 0 Å². The number of nitro benzene ring substituents is 2. The molecule has 4 rings (SSSR count). The van der Waals surface area contributed by atoms with Crippen molar-refractivity contribution in [2.45, 2.75) is 65.2 Å². The summed E-state index contributed by atoms with van der Waals surface area (Å²) >= 11 is 0. The lowest BCUT2D eigenvalue weighted by molar-refractivity contribution is -0.393. The number of hydrogen-bond donors (Lipinski definition) is 2. The number of aryl methyl sites for hydroxylation is 1. The van der Waals surface area contributed by atoms with Gasteiger partial charge in [-0.25, -0.2) is 4.79 Å². The first-order valence-corrected chi connectivity index (χ1v) is 13.5. The molecule has 0 saturated heterocycles. The van der Waals surface area contributed by atoms with Crippen LogP contribution in [0.1, 0.15) is 74.9 Å². The summed E-state index contributed by atoms with van der Waals surface area (Å²) < 4.78 is 9.56. The zero-order valence-electron chi connectivity index (χ0n) is 24.2. The van der Waals surface area contributed by atoms with Gasteiger partial charge >= 0.3 is 17.9 Å². The fraction of sp³-hybridized carbons (Fsp3) is 0.483. The summed E-state index contributed by atoms with van der Waals surface area (Å²) in [5.41, 5.74) is -0.785. The number of carboxylic acid groups (broad SMARTS) is 1. The zero-order chi connectivity index (χ0) is 31.4. The van der Waals surface area contributed by atoms with Gasteiger partial charge in [-0.1, -0.05) is 19.4 Å². The molecule has 2 aromatic rings. The third-order valence-corrected chi connectivity index (χ3v) is 8.37. The van der Waals surface area contributed by atoms with Gasteiger partial charge in [-0.3, -0.25) is 29.8 Å². The highest BCUT2D eigenvalue weighted by molar-refractivity contribution is 5.99. The predicted octanol–water partition coefficient (Wildman–Crippen LogP) is 5.70. The third kappa shape index (κ3) is 6.19. The Balaban J connectivity index is 0.000000730. The molecular formula is C29H35N3O10. The van der Waals surface area contributed by atoms with E-state index in [1.165, 1.54) is 14.0 Å². The standard InChI is InChI=1S/C25H27N3O8.C4H8O2/c1-24-9-4-10-25(2,23(31)36-3)20(24)8-6-14-5-7-15(11-18(14)24)26-21-17(22(29)30)12-16(27(32)33)13-19(21)28(34)35;1-3-6-4(2)5/h5,7,11-13,20,26H,4,6,8-10H2,1-3H3,(H,29,30);3H2,1-2H3/t20-,24+,25-;/m0./s1. The van der Waals surface area contributed by atoms with E-state index in [0.717, 1.165) is 55.4 Å². The van der Waals surface area contributed by atoms with Gasteiger partial charge in [0.05, 0.1) is 40.6 Å². The second-order valence-electron chi connectivity index (χ2n) is 10.9. The number of anilines is 2. The van der Waals surface area contributed by atoms with E-state index in [1.807, 2.05) is 19.1 Å². The average molecular weight is 586 g/mol. The maximum atomic E-state index is 12.8. The molecule has 2 aliphatic rings. The first-order valence-electron chi connectivity index (χ1n) is 13.5. The predicted molar refractivity (Wildman–Crippen MR) is 152 cm³/mol. The fourth-order valence-electron chi connectivity index (χ4n) is 6.52. The first-order chi connectivity index (χ1) is 19.7. The number of nitro groups is 2. The van der Waals surface area contributed by atoms with Crippen LogP contribution in [0, 0.1) is 31.6 Å². The van der Waals surface area contributed by atoms with Crippen LogP contribution in [0.5, 0.6) is 0 Å². The Morgan fingerprint density at radius 2 is 1.79 bits per heavy atom. The molecule has 0 spiro atoms. The third-order valence-electron chi connectivity index (χ3n) is 8.37. The minimum Gasteiger partial charge on any atom is -0.478 e. The van der Waals surface area contributed by atoms with Crippen LogP contribution in [0.4, 0.5) is 22.7 Å². The maximum absolute atomic E-state index is 12.8. The summed E-state index contributed by atoms with van der Waals surface area (Å²) in [6.07, 6.45) is 3.97. The molecule has 42 heavy (non-hydrogen) atoms. The van der Waals surface area contributed by atoms with E-state index in [0.29, 0.717) is 12.3 Å². The number of carbonyl (C=O) groups is 3. The SMILES string of the molecule is CCOC(C)=O.COC(=O)[C@@]1(C)CCC[C@]2(C)c3cc(Nc4c(C(=O)O)cc([N+](=O)[O-])cc4[N+](=O)[O-])ccc3CC[C@H]12. The molecule has 0 radical (unpaired) electrons. The van der Waals surface area contributed by atoms with E-state index in [1.54, 1.807) is 13.0 Å². The molecule has 226 valence electrons. The minimum absolute atomic E-state index is 0.0252. The molecule has 2 aromatic carbocycles. The molecule has 0 heterocycles. The Morgan fingerprint density at radius 1 is 1.10 bits per heavy atom. The number of non-ortho nitro benzene ring substituents is 1. The minimum atomic E-state index is -1.53. The van der Waals surface area contributed by atoms with Crippen molar-refractivity contribution in [1.82, 2.24) is 0 Å². The normalized spacial score (nSPS) is 22.3. The second-order valence-corrected chi connectivity index (χ2v) is 10.9. The summed E-state index contributed by atoms with van der Waals surface area (Å²) in [5.74, 6) is -1.95. The van der Waals surface area contributed by atoms with Crippen LogP contribution >= 0.6 is 0 Å². The van der Waals surface area contributed by atoms with E-state index in [9.17, 15) is 39.7 Å². The summed E-state index contributed by atoms with van der Waals surface area (Å²) in [5, 5.41) is 35.4. The Bertz CT molecular complexity index is 1390. The van der Waals surface area contributed by atoms with Crippen LogP contribution in [-0.4, -0.2) is 46.6 Å². The van der Waals surface area contributed by atoms with Crippen LogP contribution < -0.4 is 5.32 Å². The Morgan fingerprint density at radius 3 is 2.31 bits per heavy atom. The molecule has 0 bridgehead atoms. The van der Waals surface area contributed by atoms with Gasteiger partial charge in [0.15, 0.2) is 0 Å². The molecule has 3 atom stereocenters. The van der Waals surface area contributed by atoms with Crippen molar-refractivity contribution < 1.29 is 38.8 Å². The van der Waals surface area contributed by atoms with E-state index in [4.69, 9.17) is 4.74 Å². The zero-order valence-corrected chi connectivity index (χ0v) is 24.2. The number of carboxylic acids is 1. The van der Waals surface area contributed by atoms with Gasteiger partial charge in [-0.15, -0.1) is 0 Å². The molecular weight excluding hydrogens is 550 g/mol. The van der Waals surface area contributed by atoms with Gasteiger partial charge in [-0.05, 0) is 74.1 Å². The first kappa shape index (κ1) is 32.0. The number of esters is 2. The van der Waals surface area contributed by atoms with Crippen molar-refractivity contribution in [2.24, 2.45) is 11.3 Å². The molecule has 2 aliphatic carbocycles. The number of hydrogen-bond acceptors (Lipinski definition) is 10. The topological polar surface area (TPSA) is 188 Å². The lowest BCUT2D eigenvalue weighted by Gasteiger charge is -2.54. The number of nitrogens with zero attached hydrogens (tertiary/aromatic N) is 2. The lowest BCUT2D eigenvalue weighted by Crippen LogP contribution is -2.52. The molecule has 13 heteroatoms. The number of ether oxygens (including phenoxy) is 2. The number of nitrogens with one attached hydrogen (secondary N) is 1. The van der Waals surface area contributed by atoms with Crippen LogP contribution in [0.3, 0.4) is 0 Å². The van der Waals surface area contributed by atoms with Crippen LogP contribution in [0.15, 0.2) is 30.3 Å². The Labute approximate surface area is 242 Å². The van der Waals surface area contributed by atoms with Crippen molar-refractivity contribution in [3.05, 3.63) is 67.3 Å². The number of carbonyl (C=O) groups excluding carboxylic acids is 2. The molecule has 1 fully saturated rings. The average Bonchev–Trinajstić information content (AvgIpc) is 2.92. The van der Waals surface area contributed by atoms with Gasteiger partial charge in [0, 0.05) is 18.7 Å². The van der Waals surface area contributed by atoms with Gasteiger partial charge < -0.3 is 19.9 Å². The maximum Gasteiger partial charge on any atom is 0.338 e. The van der Waals surface area contributed by atoms with Gasteiger partial charge in [-0.2, -0.15) is 0 Å². The highest BCUT2D eigenvalue weighted by atomic mass is 16.6. The van der Waals surface area contributed by atoms with Crippen molar-refractivity contribution in [2.75, 3.05) is 19.0 Å². The number of fused-ring (bicyclic) bond motifs is 3. The van der Waals surface area contributed by atoms with Crippen molar-refractivity contribution in [3.63, 3.8) is 0 Å². The number of rotatable bonds is 7. The fourth-order valence-corrected chi connectivity index (χ4v) is 6.52. The van der Waals surface area contributed by atoms with Crippen LogP contribution in [0.25, 0.3) is 0 Å². The molecule has 0 aromatic heterocycles. The molecule has 2 N–H and O–H groups in total. The van der Waals surface area contributed by atoms with E-state index in [-0.39, 0.29) is 29.0 Å². The highest BCUT2D eigenvalue weighted by Gasteiger charge is 2.55. The lowest BCUT2D eigenvalue weighted by atomic mass is 9.50. The van der Waals surface area contributed by atoms with E-state index >= 15 is 0 Å². The van der Waals surface area contributed by atoms with Crippen LogP contribution in [-0.2, 0) is 30.9 Å². The molecule has 0 unspecified atom stereocenters. The van der Waals surface area contributed by atoms with Crippen molar-refractivity contribution >= 4 is 40.7 Å². The number of methoxy groups -OCH3 is 1. The van der Waals surface area contributed by atoms with E-state index < -0.39 is 38.2 Å². The Hall–Kier alpha value is -4.55. The van der Waals surface area contributed by atoms with E-state index in [2.05, 4.69) is 17.0 Å². The van der Waals surface area contributed by atoms with Gasteiger partial charge in [0.2, 0.25) is 0 Å². The summed E-state index contributed by atoms with van der Waals surface area (Å²) in [7, 11) is 1.40. The van der Waals surface area contributed by atoms with Crippen molar-refractivity contribution in [3.8, 4) is 0 Å². The largest absolute Gasteiger partial charge is 0.478 e. The van der Waals surface area contributed by atoms with Gasteiger partial charge in [0.1, 0.15) is 5.69 Å². The van der Waals surface area contributed by atoms with Gasteiger partial charge in [0.25, 0.3) is 11.4 Å². The molecule has 1 saturated carbocycles. The number of benzene rings is 2. The molecule has 0 amide bonds. The summed E-state index contributed by atoms with van der Waals surface area (Å²) in [4.78, 5) is 55.7. The summed E-state index contributed by atoms with van der Waals surface area (Å²) in [6, 6.07) is 7.01. The second kappa shape index (κ2) is 12.5. The molecule has 13 nitrogen and oxygen atoms in total. The smallest absolute Gasteiger partial charge is 0.338 e. The monoisotopic (exact) mass is 585 g/mol. The quantitative estimate of drug-likeness (QED) is 0.230. The highest BCUT2D eigenvalue weighted by Crippen LogP contribution is 2.58. The van der Waals surface area contributed by atoms with Crippen molar-refractivity contribution in [1.29, 1.82) is 0 Å². The number of aromatic carboxylic acids is 1.